The monoisotopic (exact) mass is 272 g/mol. The van der Waals surface area contributed by atoms with Gasteiger partial charge >= 0.3 is 0 Å². The largest absolute Gasteiger partial charge is 0.383 e. The summed E-state index contributed by atoms with van der Waals surface area (Å²) in [7, 11) is 3.53. The van der Waals surface area contributed by atoms with E-state index in [0.717, 1.165) is 38.9 Å². The van der Waals surface area contributed by atoms with Crippen LogP contribution in [-0.4, -0.2) is 64.1 Å². The Balaban J connectivity index is 2.25. The molecule has 0 radical (unpaired) electrons. The third-order valence-electron chi connectivity index (χ3n) is 4.10. The average Bonchev–Trinajstić information content (AvgIpc) is 2.46. The molecule has 1 aliphatic rings. The molecule has 1 saturated carbocycles. The Labute approximate surface area is 118 Å². The molecular weight excluding hydrogens is 240 g/mol. The minimum atomic E-state index is 0.534. The van der Waals surface area contributed by atoms with Crippen molar-refractivity contribution in [3.63, 3.8) is 0 Å². The molecule has 4 nitrogen and oxygen atoms in total. The van der Waals surface area contributed by atoms with Crippen LogP contribution in [0.5, 0.6) is 0 Å². The number of nitrogens with one attached hydrogen (secondary N) is 1. The predicted octanol–water partition coefficient (Wildman–Crippen LogP) is 1.89. The van der Waals surface area contributed by atoms with Crippen LogP contribution in [0.15, 0.2) is 0 Å². The molecule has 0 aromatic carbocycles. The zero-order chi connectivity index (χ0) is 13.9. The number of hydrogen-bond acceptors (Lipinski definition) is 4. The molecule has 114 valence electrons. The van der Waals surface area contributed by atoms with Gasteiger partial charge in [0.2, 0.25) is 0 Å². The van der Waals surface area contributed by atoms with Crippen LogP contribution >= 0.6 is 0 Å². The van der Waals surface area contributed by atoms with Gasteiger partial charge in [-0.05, 0) is 19.8 Å². The molecule has 1 aliphatic carbocycles. The highest BCUT2D eigenvalue weighted by atomic mass is 16.5. The van der Waals surface area contributed by atoms with Crippen molar-refractivity contribution in [3.8, 4) is 0 Å². The van der Waals surface area contributed by atoms with E-state index in [2.05, 4.69) is 17.1 Å². The second-order valence-electron chi connectivity index (χ2n) is 5.61. The van der Waals surface area contributed by atoms with Gasteiger partial charge in [0.15, 0.2) is 0 Å². The van der Waals surface area contributed by atoms with Crippen LogP contribution in [0.25, 0.3) is 0 Å². The highest BCUT2D eigenvalue weighted by molar-refractivity contribution is 4.76. The van der Waals surface area contributed by atoms with E-state index in [-0.39, 0.29) is 0 Å². The second kappa shape index (κ2) is 10.6. The molecule has 1 fully saturated rings. The quantitative estimate of drug-likeness (QED) is 0.658. The van der Waals surface area contributed by atoms with Crippen LogP contribution in [0, 0.1) is 0 Å². The molecule has 0 aromatic rings. The van der Waals surface area contributed by atoms with Crippen molar-refractivity contribution in [1.82, 2.24) is 10.2 Å². The third kappa shape index (κ3) is 7.25. The average molecular weight is 272 g/mol. The fourth-order valence-electron chi connectivity index (χ4n) is 2.74. The maximum atomic E-state index is 5.19. The summed E-state index contributed by atoms with van der Waals surface area (Å²) in [6, 6.07) is 1.27. The summed E-state index contributed by atoms with van der Waals surface area (Å²) in [5.74, 6) is 0. The van der Waals surface area contributed by atoms with Gasteiger partial charge < -0.3 is 14.8 Å². The molecule has 1 unspecified atom stereocenters. The topological polar surface area (TPSA) is 33.7 Å². The molecular formula is C15H32N2O2. The van der Waals surface area contributed by atoms with Crippen LogP contribution < -0.4 is 5.32 Å². The van der Waals surface area contributed by atoms with Crippen molar-refractivity contribution >= 4 is 0 Å². The van der Waals surface area contributed by atoms with Crippen molar-refractivity contribution in [2.24, 2.45) is 0 Å². The van der Waals surface area contributed by atoms with Gasteiger partial charge in [-0.2, -0.15) is 0 Å². The van der Waals surface area contributed by atoms with E-state index in [1.54, 1.807) is 14.2 Å². The molecule has 1 N–H and O–H groups in total. The molecule has 0 amide bonds. The lowest BCUT2D eigenvalue weighted by atomic mass is 9.95. The van der Waals surface area contributed by atoms with Crippen LogP contribution in [0.1, 0.15) is 39.0 Å². The van der Waals surface area contributed by atoms with E-state index in [9.17, 15) is 0 Å². The summed E-state index contributed by atoms with van der Waals surface area (Å²) in [5, 5.41) is 3.73. The van der Waals surface area contributed by atoms with Gasteiger partial charge in [0.25, 0.3) is 0 Å². The van der Waals surface area contributed by atoms with Crippen molar-refractivity contribution < 1.29 is 9.47 Å². The van der Waals surface area contributed by atoms with Gasteiger partial charge in [0.05, 0.1) is 13.2 Å². The highest BCUT2D eigenvalue weighted by Gasteiger charge is 2.17. The minimum absolute atomic E-state index is 0.534. The molecule has 0 spiro atoms. The molecule has 4 heteroatoms. The second-order valence-corrected chi connectivity index (χ2v) is 5.61. The maximum Gasteiger partial charge on any atom is 0.0589 e. The summed E-state index contributed by atoms with van der Waals surface area (Å²) in [6.45, 7) is 6.90. The normalized spacial score (nSPS) is 18.9. The molecule has 0 bridgehead atoms. The Hall–Kier alpha value is -0.160. The Kier molecular flexibility index (Phi) is 9.43. The Bertz CT molecular complexity index is 200. The van der Waals surface area contributed by atoms with Gasteiger partial charge in [0, 0.05) is 45.9 Å². The first-order valence-corrected chi connectivity index (χ1v) is 7.73. The molecule has 0 aliphatic heterocycles. The minimum Gasteiger partial charge on any atom is -0.383 e. The van der Waals surface area contributed by atoms with Crippen LogP contribution in [-0.2, 0) is 9.47 Å². The number of nitrogens with zero attached hydrogens (tertiary/aromatic N) is 1. The van der Waals surface area contributed by atoms with E-state index < -0.39 is 0 Å². The van der Waals surface area contributed by atoms with Crippen LogP contribution in [0.2, 0.25) is 0 Å². The fourth-order valence-corrected chi connectivity index (χ4v) is 2.74. The van der Waals surface area contributed by atoms with Gasteiger partial charge in [-0.15, -0.1) is 0 Å². The summed E-state index contributed by atoms with van der Waals surface area (Å²) in [5.41, 5.74) is 0. The van der Waals surface area contributed by atoms with Gasteiger partial charge in [-0.25, -0.2) is 0 Å². The first-order valence-electron chi connectivity index (χ1n) is 7.73. The summed E-state index contributed by atoms with van der Waals surface area (Å²) < 4.78 is 10.4. The molecule has 0 heterocycles. The fraction of sp³-hybridized carbons (Fsp3) is 1.00. The Morgan fingerprint density at radius 1 is 1.05 bits per heavy atom. The zero-order valence-electron chi connectivity index (χ0n) is 13.0. The third-order valence-corrected chi connectivity index (χ3v) is 4.10. The molecule has 1 atom stereocenters. The SMILES string of the molecule is COCCN(CCOC)C(C)CNC1CCCCC1. The smallest absolute Gasteiger partial charge is 0.0589 e. The summed E-state index contributed by atoms with van der Waals surface area (Å²) in [4.78, 5) is 2.45. The maximum absolute atomic E-state index is 5.19. The molecule has 0 saturated heterocycles. The first kappa shape index (κ1) is 16.9. The first-order chi connectivity index (χ1) is 9.27. The number of methoxy groups -OCH3 is 2. The standard InChI is InChI=1S/C15H32N2O2/c1-14(13-16-15-7-5-4-6-8-15)17(9-11-18-2)10-12-19-3/h14-16H,4-13H2,1-3H3. The van der Waals surface area contributed by atoms with E-state index in [1.807, 2.05) is 0 Å². The number of hydrogen-bond donors (Lipinski definition) is 1. The Morgan fingerprint density at radius 2 is 1.63 bits per heavy atom. The van der Waals surface area contributed by atoms with Crippen molar-refractivity contribution in [2.45, 2.75) is 51.1 Å². The van der Waals surface area contributed by atoms with E-state index in [1.165, 1.54) is 32.1 Å². The van der Waals surface area contributed by atoms with Crippen molar-refractivity contribution in [2.75, 3.05) is 47.1 Å². The Morgan fingerprint density at radius 3 is 2.16 bits per heavy atom. The van der Waals surface area contributed by atoms with Crippen molar-refractivity contribution in [1.29, 1.82) is 0 Å². The summed E-state index contributed by atoms with van der Waals surface area (Å²) in [6.07, 6.45) is 6.90. The van der Waals surface area contributed by atoms with Crippen molar-refractivity contribution in [3.05, 3.63) is 0 Å². The highest BCUT2D eigenvalue weighted by Crippen LogP contribution is 2.17. The molecule has 19 heavy (non-hydrogen) atoms. The van der Waals surface area contributed by atoms with E-state index in [0.29, 0.717) is 6.04 Å². The lowest BCUT2D eigenvalue weighted by Gasteiger charge is -2.31. The summed E-state index contributed by atoms with van der Waals surface area (Å²) >= 11 is 0. The van der Waals surface area contributed by atoms with Gasteiger partial charge in [-0.1, -0.05) is 19.3 Å². The lowest BCUT2D eigenvalue weighted by Crippen LogP contribution is -2.46. The van der Waals surface area contributed by atoms with E-state index in [4.69, 9.17) is 9.47 Å². The van der Waals surface area contributed by atoms with Gasteiger partial charge in [0.1, 0.15) is 0 Å². The van der Waals surface area contributed by atoms with Crippen LogP contribution in [0.3, 0.4) is 0 Å². The molecule has 1 rings (SSSR count). The zero-order valence-corrected chi connectivity index (χ0v) is 13.0. The predicted molar refractivity (Wildman–Crippen MR) is 79.7 cm³/mol. The van der Waals surface area contributed by atoms with Gasteiger partial charge in [-0.3, -0.25) is 4.90 Å². The molecule has 0 aromatic heterocycles. The lowest BCUT2D eigenvalue weighted by molar-refractivity contribution is 0.0902. The number of ether oxygens (including phenoxy) is 2. The van der Waals surface area contributed by atoms with Crippen LogP contribution in [0.4, 0.5) is 0 Å². The number of rotatable bonds is 10. The van der Waals surface area contributed by atoms with E-state index >= 15 is 0 Å².